The molecule has 8 N–H and O–H groups in total. The van der Waals surface area contributed by atoms with Gasteiger partial charge in [0.15, 0.2) is 69.8 Å². The van der Waals surface area contributed by atoms with E-state index in [9.17, 15) is 43.9 Å². The number of rotatable bonds is 5. The van der Waals surface area contributed by atoms with Crippen LogP contribution in [-0.2, 0) is 0 Å². The first-order valence-electron chi connectivity index (χ1n) is 11.9. The number of nitrogens with two attached hydrogens (primary N) is 3. The standard InChI is InChI=1S/C27H14F12N6/c1-44-26(10-17(34)21(38)27(45-2)22(39)18(10)35)7-5(23(41)8-13(30)11(28)4(3-40)12(29)14(8)31)6(7)24(42)9-15(32)19(36)25(43)20(37)16(9)33/h44-45H,41-43H2,1-2H3/b23-5+,24-6-,26-7+. The number of nitrogens with zero attached hydrogens (tertiary/aromatic N) is 1. The molecule has 0 amide bonds. The first-order chi connectivity index (χ1) is 21.0. The predicted octanol–water partition coefficient (Wildman–Crippen LogP) is 5.54. The maximum Gasteiger partial charge on any atom is 0.185 e. The number of nitriles is 1. The Balaban J connectivity index is 2.26. The summed E-state index contributed by atoms with van der Waals surface area (Å²) in [5.74, 6) is -26.2. The smallest absolute Gasteiger partial charge is 0.185 e. The highest BCUT2D eigenvalue weighted by atomic mass is 19.2. The lowest BCUT2D eigenvalue weighted by molar-refractivity contribution is 0.446. The van der Waals surface area contributed by atoms with Gasteiger partial charge in [-0.05, 0) is 0 Å². The van der Waals surface area contributed by atoms with Gasteiger partial charge in [0.05, 0.1) is 33.8 Å². The van der Waals surface area contributed by atoms with Gasteiger partial charge in [-0.25, -0.2) is 52.7 Å². The predicted molar refractivity (Wildman–Crippen MR) is 136 cm³/mol. The molecule has 45 heavy (non-hydrogen) atoms. The fourth-order valence-electron chi connectivity index (χ4n) is 4.52. The molecule has 0 atom stereocenters. The third-order valence-corrected chi connectivity index (χ3v) is 6.70. The molecule has 0 bridgehead atoms. The number of hydrogen-bond acceptors (Lipinski definition) is 6. The van der Waals surface area contributed by atoms with Gasteiger partial charge in [0.25, 0.3) is 0 Å². The van der Waals surface area contributed by atoms with Crippen LogP contribution in [0, 0.1) is 81.1 Å². The number of nitrogens with one attached hydrogen (secondary N) is 2. The van der Waals surface area contributed by atoms with Crippen molar-refractivity contribution in [2.45, 2.75) is 0 Å². The topological polar surface area (TPSA) is 126 Å². The van der Waals surface area contributed by atoms with E-state index < -0.39 is 137 Å². The summed E-state index contributed by atoms with van der Waals surface area (Å²) in [6.45, 7) is 0. The maximum atomic E-state index is 15.1. The summed E-state index contributed by atoms with van der Waals surface area (Å²) < 4.78 is 176. The van der Waals surface area contributed by atoms with Crippen molar-refractivity contribution in [1.82, 2.24) is 5.32 Å². The molecule has 0 aliphatic heterocycles. The highest BCUT2D eigenvalue weighted by Crippen LogP contribution is 2.55. The highest BCUT2D eigenvalue weighted by molar-refractivity contribution is 6.05. The Kier molecular flexibility index (Phi) is 8.09. The molecule has 0 radical (unpaired) electrons. The lowest BCUT2D eigenvalue weighted by Crippen LogP contribution is -2.14. The van der Waals surface area contributed by atoms with E-state index in [0.29, 0.717) is 0 Å². The van der Waals surface area contributed by atoms with Crippen molar-refractivity contribution in [2.75, 3.05) is 25.1 Å². The van der Waals surface area contributed by atoms with Gasteiger partial charge in [-0.15, -0.1) is 0 Å². The second-order valence-corrected chi connectivity index (χ2v) is 9.00. The van der Waals surface area contributed by atoms with Gasteiger partial charge in [0.1, 0.15) is 23.0 Å². The molecule has 3 aromatic rings. The summed E-state index contributed by atoms with van der Waals surface area (Å²) in [5, 5.41) is 12.8. The van der Waals surface area contributed by atoms with Crippen LogP contribution in [0.5, 0.6) is 0 Å². The average Bonchev–Trinajstić information content (AvgIpc) is 3.75. The van der Waals surface area contributed by atoms with Crippen LogP contribution in [0.2, 0.25) is 0 Å². The van der Waals surface area contributed by atoms with E-state index >= 15 is 8.78 Å². The van der Waals surface area contributed by atoms with Gasteiger partial charge in [-0.1, -0.05) is 0 Å². The maximum absolute atomic E-state index is 15.1. The van der Waals surface area contributed by atoms with Crippen LogP contribution in [-0.4, -0.2) is 14.1 Å². The molecular weight excluding hydrogens is 636 g/mol. The number of benzene rings is 3. The van der Waals surface area contributed by atoms with Crippen molar-refractivity contribution >= 4 is 28.5 Å². The van der Waals surface area contributed by atoms with Crippen LogP contribution in [0.4, 0.5) is 64.1 Å². The summed E-state index contributed by atoms with van der Waals surface area (Å²) in [5.41, 5.74) is -0.163. The van der Waals surface area contributed by atoms with E-state index in [1.165, 1.54) is 0 Å². The first kappa shape index (κ1) is 32.4. The van der Waals surface area contributed by atoms with E-state index in [4.69, 9.17) is 22.5 Å². The van der Waals surface area contributed by atoms with Crippen LogP contribution in [0.1, 0.15) is 22.3 Å². The minimum atomic E-state index is -2.31. The summed E-state index contributed by atoms with van der Waals surface area (Å²) in [6, 6.07) is 0.863. The number of halogens is 12. The molecule has 1 fully saturated rings. The summed E-state index contributed by atoms with van der Waals surface area (Å²) >= 11 is 0. The molecule has 1 aliphatic carbocycles. The molecule has 0 saturated heterocycles. The number of nitrogen functional groups attached to an aromatic ring is 1. The lowest BCUT2D eigenvalue weighted by Gasteiger charge is -2.14. The van der Waals surface area contributed by atoms with Crippen LogP contribution < -0.4 is 27.8 Å². The van der Waals surface area contributed by atoms with Crippen molar-refractivity contribution in [3.8, 4) is 6.07 Å². The van der Waals surface area contributed by atoms with Crippen LogP contribution >= 0.6 is 0 Å². The molecule has 1 saturated carbocycles. The fraction of sp³-hybridized carbons (Fsp3) is 0.0741. The van der Waals surface area contributed by atoms with Crippen molar-refractivity contribution in [2.24, 2.45) is 11.5 Å². The van der Waals surface area contributed by atoms with Crippen LogP contribution in [0.25, 0.3) is 17.1 Å². The van der Waals surface area contributed by atoms with Crippen molar-refractivity contribution < 1.29 is 52.7 Å². The SMILES string of the molecule is CN/C(=C1/C(=C(\N)c2c(F)c(F)c(N)c(F)c2F)/C1=C(\N)c1c(F)c(F)c(C#N)c(F)c1F)c1c(F)c(F)c(NC)c(F)c1F. The van der Waals surface area contributed by atoms with Crippen LogP contribution in [0.15, 0.2) is 16.7 Å². The Morgan fingerprint density at radius 3 is 1.22 bits per heavy atom. The molecule has 4 rings (SSSR count). The van der Waals surface area contributed by atoms with Gasteiger partial charge in [0, 0.05) is 30.8 Å². The van der Waals surface area contributed by atoms with Gasteiger partial charge in [-0.2, -0.15) is 5.26 Å². The van der Waals surface area contributed by atoms with Gasteiger partial charge in [0.2, 0.25) is 0 Å². The minimum Gasteiger partial charge on any atom is -0.398 e. The highest BCUT2D eigenvalue weighted by Gasteiger charge is 2.44. The number of allylic oxidation sites excluding steroid dienone is 3. The van der Waals surface area contributed by atoms with E-state index in [-0.39, 0.29) is 0 Å². The molecular formula is C27H14F12N6. The Hall–Kier alpha value is -5.47. The summed E-state index contributed by atoms with van der Waals surface area (Å²) in [7, 11) is 1.75. The number of hydrogen-bond donors (Lipinski definition) is 5. The molecule has 0 heterocycles. The zero-order valence-corrected chi connectivity index (χ0v) is 22.2. The fourth-order valence-corrected chi connectivity index (χ4v) is 4.52. The molecule has 3 aromatic carbocycles. The molecule has 236 valence electrons. The van der Waals surface area contributed by atoms with Gasteiger partial charge < -0.3 is 27.8 Å². The van der Waals surface area contributed by atoms with Crippen molar-refractivity contribution in [3.63, 3.8) is 0 Å². The quantitative estimate of drug-likeness (QED) is 0.140. The van der Waals surface area contributed by atoms with E-state index in [2.05, 4.69) is 5.32 Å². The average molecular weight is 650 g/mol. The Morgan fingerprint density at radius 1 is 0.533 bits per heavy atom. The second kappa shape index (κ2) is 11.2. The monoisotopic (exact) mass is 650 g/mol. The third kappa shape index (κ3) is 4.53. The number of anilines is 2. The van der Waals surface area contributed by atoms with Crippen LogP contribution in [0.3, 0.4) is 0 Å². The van der Waals surface area contributed by atoms with Gasteiger partial charge >= 0.3 is 0 Å². The third-order valence-electron chi connectivity index (χ3n) is 6.70. The van der Waals surface area contributed by atoms with Gasteiger partial charge in [-0.3, -0.25) is 0 Å². The summed E-state index contributed by atoms with van der Waals surface area (Å²) in [6.07, 6.45) is 0. The zero-order chi connectivity index (χ0) is 34.0. The Morgan fingerprint density at radius 2 is 0.889 bits per heavy atom. The normalized spacial score (nSPS) is 15.9. The Bertz CT molecular complexity index is 1900. The molecule has 18 heteroatoms. The molecule has 0 unspecified atom stereocenters. The lowest BCUT2D eigenvalue weighted by atomic mass is 10.0. The molecule has 1 aliphatic rings. The van der Waals surface area contributed by atoms with Crippen molar-refractivity contribution in [3.05, 3.63) is 109 Å². The molecule has 6 nitrogen and oxygen atoms in total. The molecule has 0 aromatic heterocycles. The van der Waals surface area contributed by atoms with E-state index in [1.807, 2.05) is 5.32 Å². The second-order valence-electron chi connectivity index (χ2n) is 9.00. The first-order valence-corrected chi connectivity index (χ1v) is 11.9. The minimum absolute atomic E-state index is 0.856. The summed E-state index contributed by atoms with van der Waals surface area (Å²) in [4.78, 5) is 0. The van der Waals surface area contributed by atoms with E-state index in [1.54, 1.807) is 0 Å². The van der Waals surface area contributed by atoms with Crippen molar-refractivity contribution in [1.29, 1.82) is 5.26 Å². The largest absolute Gasteiger partial charge is 0.398 e. The Labute approximate surface area is 243 Å². The molecule has 0 spiro atoms. The van der Waals surface area contributed by atoms with E-state index in [0.717, 1.165) is 20.2 Å². The zero-order valence-electron chi connectivity index (χ0n) is 22.2.